The van der Waals surface area contributed by atoms with Crippen LogP contribution in [-0.2, 0) is 31.4 Å². The lowest BCUT2D eigenvalue weighted by Gasteiger charge is -2.16. The van der Waals surface area contributed by atoms with Gasteiger partial charge >= 0.3 is 0 Å². The van der Waals surface area contributed by atoms with Crippen LogP contribution in [0.2, 0.25) is 0 Å². The number of ether oxygens (including phenoxy) is 1. The molecule has 0 aliphatic carbocycles. The van der Waals surface area contributed by atoms with Gasteiger partial charge in [0, 0.05) is 13.2 Å². The van der Waals surface area contributed by atoms with Gasteiger partial charge in [0.15, 0.2) is 0 Å². The van der Waals surface area contributed by atoms with E-state index in [4.69, 9.17) is 10.6 Å². The molecule has 1 aliphatic rings. The number of fused-ring (bicyclic) bond motifs is 1. The molecule has 1 aliphatic heterocycles. The van der Waals surface area contributed by atoms with Crippen molar-refractivity contribution >= 4 is 0 Å². The van der Waals surface area contributed by atoms with Gasteiger partial charge in [0.1, 0.15) is 0 Å². The van der Waals surface area contributed by atoms with E-state index in [1.54, 1.807) is 4.68 Å². The normalized spacial score (nSPS) is 15.5. The fraction of sp³-hybridized carbons (Fsp3) is 0.357. The van der Waals surface area contributed by atoms with Crippen molar-refractivity contribution in [3.05, 3.63) is 52.8 Å². The number of hydrogen-bond donors (Lipinski definition) is 2. The van der Waals surface area contributed by atoms with Crippen LogP contribution in [0.1, 0.15) is 28.3 Å². The van der Waals surface area contributed by atoms with Crippen molar-refractivity contribution in [1.82, 2.24) is 15.2 Å². The van der Waals surface area contributed by atoms with Gasteiger partial charge < -0.3 is 4.74 Å². The number of aromatic nitrogens is 2. The van der Waals surface area contributed by atoms with E-state index in [-0.39, 0.29) is 6.04 Å². The first-order valence-electron chi connectivity index (χ1n) is 6.39. The first-order chi connectivity index (χ1) is 9.26. The second kappa shape index (κ2) is 5.13. The van der Waals surface area contributed by atoms with Gasteiger partial charge in [-0.2, -0.15) is 5.10 Å². The summed E-state index contributed by atoms with van der Waals surface area (Å²) >= 11 is 0. The van der Waals surface area contributed by atoms with Crippen LogP contribution in [0.25, 0.3) is 0 Å². The molecule has 1 atom stereocenters. The van der Waals surface area contributed by atoms with E-state index in [1.165, 1.54) is 22.3 Å². The van der Waals surface area contributed by atoms with Gasteiger partial charge in [-0.25, -0.2) is 0 Å². The van der Waals surface area contributed by atoms with E-state index in [1.807, 2.05) is 19.4 Å². The Bertz CT molecular complexity index is 579. The minimum Gasteiger partial charge on any atom is -0.372 e. The lowest BCUT2D eigenvalue weighted by Crippen LogP contribution is -2.29. The topological polar surface area (TPSA) is 65.1 Å². The summed E-state index contributed by atoms with van der Waals surface area (Å²) in [6.45, 7) is 1.42. The Morgan fingerprint density at radius 3 is 3.00 bits per heavy atom. The van der Waals surface area contributed by atoms with Crippen molar-refractivity contribution in [1.29, 1.82) is 0 Å². The molecule has 5 nitrogen and oxygen atoms in total. The number of nitrogens with one attached hydrogen (secondary N) is 1. The number of nitrogens with zero attached hydrogens (tertiary/aromatic N) is 2. The molecule has 0 bridgehead atoms. The highest BCUT2D eigenvalue weighted by atomic mass is 16.5. The largest absolute Gasteiger partial charge is 0.372 e. The Morgan fingerprint density at radius 1 is 1.42 bits per heavy atom. The predicted molar refractivity (Wildman–Crippen MR) is 71.9 cm³/mol. The first kappa shape index (κ1) is 12.3. The van der Waals surface area contributed by atoms with Gasteiger partial charge in [0.2, 0.25) is 0 Å². The molecule has 1 aromatic heterocycles. The van der Waals surface area contributed by atoms with Crippen molar-refractivity contribution < 1.29 is 4.74 Å². The molecular weight excluding hydrogens is 240 g/mol. The van der Waals surface area contributed by atoms with Gasteiger partial charge in [-0.3, -0.25) is 16.0 Å². The molecule has 3 N–H and O–H groups in total. The number of rotatable bonds is 4. The lowest BCUT2D eigenvalue weighted by atomic mass is 9.97. The predicted octanol–water partition coefficient (Wildman–Crippen LogP) is 1.20. The van der Waals surface area contributed by atoms with Crippen molar-refractivity contribution in [2.45, 2.75) is 25.7 Å². The van der Waals surface area contributed by atoms with E-state index in [0.717, 1.165) is 13.0 Å². The summed E-state index contributed by atoms with van der Waals surface area (Å²) in [5, 5.41) is 4.18. The van der Waals surface area contributed by atoms with Crippen LogP contribution in [0.3, 0.4) is 0 Å². The second-order valence-corrected chi connectivity index (χ2v) is 4.97. The highest BCUT2D eigenvalue weighted by molar-refractivity contribution is 5.35. The minimum absolute atomic E-state index is 0.0927. The Hall–Kier alpha value is -1.69. The van der Waals surface area contributed by atoms with Gasteiger partial charge in [-0.15, -0.1) is 0 Å². The molecule has 100 valence electrons. The molecular formula is C14H18N4O. The monoisotopic (exact) mass is 258 g/mol. The second-order valence-electron chi connectivity index (χ2n) is 4.97. The molecule has 5 heteroatoms. The standard InChI is InChI=1S/C14H18N4O/c1-18-7-10(6-16-18)4-14(17-15)11-2-3-12-8-19-9-13(12)5-11/h2-3,5-7,14,17H,4,8-9,15H2,1H3. The lowest BCUT2D eigenvalue weighted by molar-refractivity contribution is 0.134. The SMILES string of the molecule is Cn1cc(CC(NN)c2ccc3c(c2)COC3)cn1. The molecule has 19 heavy (non-hydrogen) atoms. The first-order valence-corrected chi connectivity index (χ1v) is 6.39. The Morgan fingerprint density at radius 2 is 2.26 bits per heavy atom. The molecule has 0 saturated carbocycles. The molecule has 0 radical (unpaired) electrons. The van der Waals surface area contributed by atoms with E-state index in [2.05, 4.69) is 28.7 Å². The summed E-state index contributed by atoms with van der Waals surface area (Å²) in [7, 11) is 1.92. The highest BCUT2D eigenvalue weighted by Gasteiger charge is 2.16. The van der Waals surface area contributed by atoms with Crippen LogP contribution >= 0.6 is 0 Å². The summed E-state index contributed by atoms with van der Waals surface area (Å²) in [6, 6.07) is 6.53. The van der Waals surface area contributed by atoms with Crippen LogP contribution < -0.4 is 11.3 Å². The molecule has 3 rings (SSSR count). The van der Waals surface area contributed by atoms with Crippen LogP contribution in [0.4, 0.5) is 0 Å². The molecule has 0 spiro atoms. The van der Waals surface area contributed by atoms with Gasteiger partial charge in [-0.05, 0) is 28.7 Å². The molecule has 1 aromatic carbocycles. The zero-order valence-corrected chi connectivity index (χ0v) is 11.0. The van der Waals surface area contributed by atoms with Gasteiger partial charge in [0.25, 0.3) is 0 Å². The third-order valence-corrected chi connectivity index (χ3v) is 3.55. The van der Waals surface area contributed by atoms with Gasteiger partial charge in [-0.1, -0.05) is 18.2 Å². The summed E-state index contributed by atoms with van der Waals surface area (Å²) in [6.07, 6.45) is 4.71. The highest BCUT2D eigenvalue weighted by Crippen LogP contribution is 2.25. The van der Waals surface area contributed by atoms with Crippen LogP contribution in [0, 0.1) is 0 Å². The minimum atomic E-state index is 0.0927. The fourth-order valence-corrected chi connectivity index (χ4v) is 2.49. The zero-order chi connectivity index (χ0) is 13.2. The quantitative estimate of drug-likeness (QED) is 0.639. The molecule has 2 aromatic rings. The summed E-state index contributed by atoms with van der Waals surface area (Å²) in [5.41, 5.74) is 7.79. The summed E-state index contributed by atoms with van der Waals surface area (Å²) in [4.78, 5) is 0. The van der Waals surface area contributed by atoms with Crippen molar-refractivity contribution in [2.75, 3.05) is 0 Å². The molecule has 2 heterocycles. The number of hydrogen-bond acceptors (Lipinski definition) is 4. The zero-order valence-electron chi connectivity index (χ0n) is 11.0. The molecule has 0 amide bonds. The maximum Gasteiger partial charge on any atom is 0.0725 e. The number of aryl methyl sites for hydroxylation is 1. The Balaban J connectivity index is 1.82. The fourth-order valence-electron chi connectivity index (χ4n) is 2.49. The van der Waals surface area contributed by atoms with Crippen molar-refractivity contribution in [3.8, 4) is 0 Å². The third-order valence-electron chi connectivity index (χ3n) is 3.55. The number of nitrogens with two attached hydrogens (primary N) is 1. The van der Waals surface area contributed by atoms with Gasteiger partial charge in [0.05, 0.1) is 25.5 Å². The Kier molecular flexibility index (Phi) is 3.33. The molecule has 0 saturated heterocycles. The van der Waals surface area contributed by atoms with E-state index in [9.17, 15) is 0 Å². The Labute approximate surface area is 112 Å². The van der Waals surface area contributed by atoms with Crippen LogP contribution in [0.5, 0.6) is 0 Å². The third kappa shape index (κ3) is 2.53. The average molecular weight is 258 g/mol. The average Bonchev–Trinajstić information content (AvgIpc) is 3.03. The summed E-state index contributed by atoms with van der Waals surface area (Å²) < 4.78 is 7.24. The summed E-state index contributed by atoms with van der Waals surface area (Å²) in [5.74, 6) is 5.70. The van der Waals surface area contributed by atoms with Crippen molar-refractivity contribution in [3.63, 3.8) is 0 Å². The van der Waals surface area contributed by atoms with E-state index in [0.29, 0.717) is 6.61 Å². The number of benzene rings is 1. The molecule has 1 unspecified atom stereocenters. The smallest absolute Gasteiger partial charge is 0.0725 e. The van der Waals surface area contributed by atoms with Crippen LogP contribution in [0.15, 0.2) is 30.6 Å². The van der Waals surface area contributed by atoms with E-state index < -0.39 is 0 Å². The van der Waals surface area contributed by atoms with Crippen molar-refractivity contribution in [2.24, 2.45) is 12.9 Å². The molecule has 0 fully saturated rings. The maximum atomic E-state index is 5.70. The number of hydrazine groups is 1. The maximum absolute atomic E-state index is 5.70. The van der Waals surface area contributed by atoms with Crippen LogP contribution in [-0.4, -0.2) is 9.78 Å². The van der Waals surface area contributed by atoms with E-state index >= 15 is 0 Å².